The van der Waals surface area contributed by atoms with Crippen LogP contribution >= 0.6 is 11.3 Å². The summed E-state index contributed by atoms with van der Waals surface area (Å²) in [5, 5.41) is 7.86. The van der Waals surface area contributed by atoms with Gasteiger partial charge >= 0.3 is 0 Å². The predicted molar refractivity (Wildman–Crippen MR) is 99.4 cm³/mol. The van der Waals surface area contributed by atoms with Crippen LogP contribution in [0.5, 0.6) is 0 Å². The molecule has 2 rings (SSSR count). The van der Waals surface area contributed by atoms with Crippen molar-refractivity contribution in [3.8, 4) is 0 Å². The van der Waals surface area contributed by atoms with Crippen molar-refractivity contribution >= 4 is 23.2 Å². The van der Waals surface area contributed by atoms with E-state index in [9.17, 15) is 4.79 Å². The van der Waals surface area contributed by atoms with Crippen molar-refractivity contribution in [2.75, 3.05) is 20.6 Å². The fourth-order valence-corrected chi connectivity index (χ4v) is 3.53. The third-order valence-electron chi connectivity index (χ3n) is 4.30. The summed E-state index contributed by atoms with van der Waals surface area (Å²) in [4.78, 5) is 23.6. The highest BCUT2D eigenvalue weighted by molar-refractivity contribution is 7.11. The standard InChI is InChI=1S/C17H29N5OS/c1-12-13(2)24-15(20-12)10-18-17(19-11-16(23)22(3)4)21-14-8-6-5-7-9-14/h14H,5-11H2,1-4H3,(H2,18,19,21). The van der Waals surface area contributed by atoms with E-state index < -0.39 is 0 Å². The largest absolute Gasteiger partial charge is 0.354 e. The smallest absolute Gasteiger partial charge is 0.243 e. The summed E-state index contributed by atoms with van der Waals surface area (Å²) in [5.74, 6) is 0.711. The Hall–Kier alpha value is -1.63. The van der Waals surface area contributed by atoms with E-state index in [-0.39, 0.29) is 12.5 Å². The van der Waals surface area contributed by atoms with Gasteiger partial charge in [0.05, 0.1) is 12.2 Å². The van der Waals surface area contributed by atoms with Crippen LogP contribution < -0.4 is 10.6 Å². The SMILES string of the molecule is Cc1nc(CNC(=NCC(=O)N(C)C)NC2CCCCC2)sc1C. The molecule has 134 valence electrons. The molecule has 1 amide bonds. The lowest BCUT2D eigenvalue weighted by atomic mass is 9.96. The predicted octanol–water partition coefficient (Wildman–Crippen LogP) is 2.22. The molecule has 6 nitrogen and oxygen atoms in total. The second kappa shape index (κ2) is 9.01. The lowest BCUT2D eigenvalue weighted by molar-refractivity contribution is -0.127. The van der Waals surface area contributed by atoms with E-state index in [4.69, 9.17) is 0 Å². The van der Waals surface area contributed by atoms with Gasteiger partial charge in [0, 0.05) is 25.0 Å². The average Bonchev–Trinajstić information content (AvgIpc) is 2.88. The number of nitrogens with one attached hydrogen (secondary N) is 2. The fourth-order valence-electron chi connectivity index (χ4n) is 2.66. The fraction of sp³-hybridized carbons (Fsp3) is 0.706. The van der Waals surface area contributed by atoms with Crippen molar-refractivity contribution < 1.29 is 4.79 Å². The maximum absolute atomic E-state index is 11.8. The van der Waals surface area contributed by atoms with Gasteiger partial charge < -0.3 is 15.5 Å². The molecule has 0 aliphatic heterocycles. The molecule has 1 aromatic rings. The summed E-state index contributed by atoms with van der Waals surface area (Å²) in [6.45, 7) is 4.90. The molecular formula is C17H29N5OS. The molecule has 0 atom stereocenters. The maximum atomic E-state index is 11.8. The highest BCUT2D eigenvalue weighted by atomic mass is 32.1. The highest BCUT2D eigenvalue weighted by Gasteiger charge is 2.15. The summed E-state index contributed by atoms with van der Waals surface area (Å²) in [7, 11) is 3.50. The minimum absolute atomic E-state index is 0.000631. The third kappa shape index (κ3) is 5.78. The molecule has 0 saturated heterocycles. The second-order valence-electron chi connectivity index (χ2n) is 6.54. The molecule has 0 unspecified atom stereocenters. The molecule has 1 fully saturated rings. The Kier molecular flexibility index (Phi) is 7.02. The van der Waals surface area contributed by atoms with Gasteiger partial charge in [-0.15, -0.1) is 11.3 Å². The quantitative estimate of drug-likeness (QED) is 0.630. The first-order valence-electron chi connectivity index (χ1n) is 8.63. The zero-order chi connectivity index (χ0) is 17.5. The highest BCUT2D eigenvalue weighted by Crippen LogP contribution is 2.18. The molecule has 1 aliphatic rings. The van der Waals surface area contributed by atoms with Crippen molar-refractivity contribution in [1.82, 2.24) is 20.5 Å². The Morgan fingerprint density at radius 1 is 1.29 bits per heavy atom. The molecule has 2 N–H and O–H groups in total. The van der Waals surface area contributed by atoms with E-state index in [2.05, 4.69) is 27.5 Å². The molecule has 24 heavy (non-hydrogen) atoms. The van der Waals surface area contributed by atoms with E-state index in [0.717, 1.165) is 23.5 Å². The van der Waals surface area contributed by atoms with Crippen LogP contribution in [0.1, 0.15) is 47.7 Å². The lowest BCUT2D eigenvalue weighted by Gasteiger charge is -2.25. The Balaban J connectivity index is 1.97. The van der Waals surface area contributed by atoms with Crippen LogP contribution in [0.3, 0.4) is 0 Å². The van der Waals surface area contributed by atoms with Gasteiger partial charge in [0.25, 0.3) is 0 Å². The number of carbonyl (C=O) groups excluding carboxylic acids is 1. The summed E-state index contributed by atoms with van der Waals surface area (Å²) < 4.78 is 0. The van der Waals surface area contributed by atoms with Gasteiger partial charge in [-0.05, 0) is 26.7 Å². The number of likely N-dealkylation sites (N-methyl/N-ethyl adjacent to an activating group) is 1. The zero-order valence-corrected chi connectivity index (χ0v) is 16.0. The molecule has 0 bridgehead atoms. The second-order valence-corrected chi connectivity index (χ2v) is 7.82. The van der Waals surface area contributed by atoms with Gasteiger partial charge in [-0.1, -0.05) is 19.3 Å². The Morgan fingerprint density at radius 2 is 2.00 bits per heavy atom. The normalized spacial score (nSPS) is 16.1. The number of rotatable bonds is 5. The van der Waals surface area contributed by atoms with Crippen molar-refractivity contribution in [1.29, 1.82) is 0 Å². The average molecular weight is 352 g/mol. The van der Waals surface area contributed by atoms with Crippen LogP contribution in [-0.4, -0.2) is 48.4 Å². The Labute approximate surface area is 148 Å². The summed E-state index contributed by atoms with van der Waals surface area (Å²) in [6, 6.07) is 0.444. The summed E-state index contributed by atoms with van der Waals surface area (Å²) in [5.41, 5.74) is 1.08. The van der Waals surface area contributed by atoms with Gasteiger partial charge in [0.2, 0.25) is 5.91 Å². The number of aromatic nitrogens is 1. The van der Waals surface area contributed by atoms with E-state index in [0.29, 0.717) is 18.5 Å². The number of thiazole rings is 1. The van der Waals surface area contributed by atoms with Gasteiger partial charge in [-0.25, -0.2) is 9.98 Å². The minimum Gasteiger partial charge on any atom is -0.354 e. The summed E-state index contributed by atoms with van der Waals surface area (Å²) in [6.07, 6.45) is 6.16. The van der Waals surface area contributed by atoms with Crippen molar-refractivity contribution in [3.63, 3.8) is 0 Å². The van der Waals surface area contributed by atoms with E-state index in [1.54, 1.807) is 30.3 Å². The van der Waals surface area contributed by atoms with E-state index >= 15 is 0 Å². The van der Waals surface area contributed by atoms with Crippen LogP contribution in [0.25, 0.3) is 0 Å². The van der Waals surface area contributed by atoms with Gasteiger partial charge in [0.1, 0.15) is 11.6 Å². The van der Waals surface area contributed by atoms with Gasteiger partial charge in [-0.3, -0.25) is 4.79 Å². The van der Waals surface area contributed by atoms with Crippen LogP contribution in [-0.2, 0) is 11.3 Å². The van der Waals surface area contributed by atoms with Crippen LogP contribution in [0, 0.1) is 13.8 Å². The van der Waals surface area contributed by atoms with E-state index in [1.807, 2.05) is 6.92 Å². The molecule has 1 aromatic heterocycles. The number of amides is 1. The molecule has 1 heterocycles. The van der Waals surface area contributed by atoms with Gasteiger partial charge in [-0.2, -0.15) is 0 Å². The van der Waals surface area contributed by atoms with Crippen molar-refractivity contribution in [2.24, 2.45) is 4.99 Å². The maximum Gasteiger partial charge on any atom is 0.243 e. The van der Waals surface area contributed by atoms with Crippen LogP contribution in [0.15, 0.2) is 4.99 Å². The Morgan fingerprint density at radius 3 is 2.58 bits per heavy atom. The number of guanidine groups is 1. The number of hydrogen-bond donors (Lipinski definition) is 2. The molecule has 0 radical (unpaired) electrons. The van der Waals surface area contributed by atoms with Crippen LogP contribution in [0.4, 0.5) is 0 Å². The van der Waals surface area contributed by atoms with E-state index in [1.165, 1.54) is 24.1 Å². The first kappa shape index (κ1) is 18.7. The molecule has 7 heteroatoms. The molecule has 1 aliphatic carbocycles. The lowest BCUT2D eigenvalue weighted by Crippen LogP contribution is -2.44. The molecular weight excluding hydrogens is 322 g/mol. The zero-order valence-electron chi connectivity index (χ0n) is 15.2. The summed E-state index contributed by atoms with van der Waals surface area (Å²) >= 11 is 1.70. The van der Waals surface area contributed by atoms with Gasteiger partial charge in [0.15, 0.2) is 5.96 Å². The number of hydrogen-bond acceptors (Lipinski definition) is 4. The Bertz CT molecular complexity index is 556. The number of aliphatic imine (C=N–C) groups is 1. The molecule has 0 aromatic carbocycles. The minimum atomic E-state index is 0.000631. The van der Waals surface area contributed by atoms with Crippen molar-refractivity contribution in [2.45, 2.75) is 58.5 Å². The number of aryl methyl sites for hydroxylation is 2. The molecule has 1 saturated carbocycles. The number of carbonyl (C=O) groups is 1. The first-order valence-corrected chi connectivity index (χ1v) is 9.45. The molecule has 0 spiro atoms. The third-order valence-corrected chi connectivity index (χ3v) is 5.37. The monoisotopic (exact) mass is 351 g/mol. The number of nitrogens with zero attached hydrogens (tertiary/aromatic N) is 3. The van der Waals surface area contributed by atoms with Crippen molar-refractivity contribution in [3.05, 3.63) is 15.6 Å². The topological polar surface area (TPSA) is 69.6 Å². The first-order chi connectivity index (χ1) is 11.5. The van der Waals surface area contributed by atoms with Crippen LogP contribution in [0.2, 0.25) is 0 Å².